The maximum atomic E-state index is 12.1. The number of nitrogens with zero attached hydrogens (tertiary/aromatic N) is 1. The molecule has 8 heteroatoms. The fourth-order valence-corrected chi connectivity index (χ4v) is 3.94. The van der Waals surface area contributed by atoms with Gasteiger partial charge in [0.2, 0.25) is 0 Å². The second-order valence-corrected chi connectivity index (χ2v) is 7.37. The average Bonchev–Trinajstić information content (AvgIpc) is 2.75. The van der Waals surface area contributed by atoms with Crippen LogP contribution in [0.1, 0.15) is 25.6 Å². The van der Waals surface area contributed by atoms with Crippen LogP contribution in [0.25, 0.3) is 0 Å². The van der Waals surface area contributed by atoms with Crippen LogP contribution >= 0.6 is 11.3 Å². The number of oxime groups is 1. The van der Waals surface area contributed by atoms with Crippen molar-refractivity contribution in [2.75, 3.05) is 0 Å². The largest absolute Gasteiger partial charge is 0.409 e. The minimum absolute atomic E-state index is 0.196. The predicted molar refractivity (Wildman–Crippen MR) is 71.5 cm³/mol. The monoisotopic (exact) mass is 291 g/mol. The Bertz CT molecular complexity index is 546. The third-order valence-electron chi connectivity index (χ3n) is 2.39. The van der Waals surface area contributed by atoms with Crippen molar-refractivity contribution in [3.63, 3.8) is 0 Å². The van der Waals surface area contributed by atoms with E-state index >= 15 is 0 Å². The molecule has 1 heterocycles. The van der Waals surface area contributed by atoms with E-state index in [1.165, 1.54) is 25.2 Å². The molecule has 0 saturated heterocycles. The lowest BCUT2D eigenvalue weighted by atomic mass is 10.1. The Morgan fingerprint density at radius 2 is 2.17 bits per heavy atom. The van der Waals surface area contributed by atoms with Crippen LogP contribution in [0, 0.1) is 0 Å². The molecular weight excluding hydrogens is 274 g/mol. The highest BCUT2D eigenvalue weighted by Gasteiger charge is 2.31. The van der Waals surface area contributed by atoms with Crippen LogP contribution in [-0.2, 0) is 16.4 Å². The first-order chi connectivity index (χ1) is 8.23. The van der Waals surface area contributed by atoms with Crippen LogP contribution in [0.15, 0.2) is 21.5 Å². The molecule has 4 N–H and O–H groups in total. The Morgan fingerprint density at radius 3 is 2.61 bits per heavy atom. The Balaban J connectivity index is 3.02. The number of sulfonamides is 1. The molecule has 0 unspecified atom stereocenters. The van der Waals surface area contributed by atoms with Gasteiger partial charge in [0.05, 0.1) is 5.54 Å². The van der Waals surface area contributed by atoms with E-state index in [1.54, 1.807) is 12.1 Å². The van der Waals surface area contributed by atoms with Crippen molar-refractivity contribution < 1.29 is 13.6 Å². The quantitative estimate of drug-likeness (QED) is 0.327. The van der Waals surface area contributed by atoms with E-state index in [9.17, 15) is 8.42 Å². The summed E-state index contributed by atoms with van der Waals surface area (Å²) in [5, 5.41) is 11.4. The molecule has 1 aromatic heterocycles. The molecule has 18 heavy (non-hydrogen) atoms. The highest BCUT2D eigenvalue weighted by Crippen LogP contribution is 2.23. The maximum Gasteiger partial charge on any atom is 0.250 e. The number of nitrogens with two attached hydrogens (primary N) is 1. The van der Waals surface area contributed by atoms with Crippen LogP contribution in [-0.4, -0.2) is 25.0 Å². The van der Waals surface area contributed by atoms with E-state index in [4.69, 9.17) is 10.9 Å². The van der Waals surface area contributed by atoms with Gasteiger partial charge >= 0.3 is 0 Å². The number of thiophene rings is 1. The predicted octanol–water partition coefficient (Wildman–Crippen LogP) is 1.11. The lowest BCUT2D eigenvalue weighted by Gasteiger charge is -2.23. The molecule has 0 aliphatic heterocycles. The Hall–Kier alpha value is -1.12. The van der Waals surface area contributed by atoms with E-state index < -0.39 is 15.6 Å². The second kappa shape index (κ2) is 5.25. The van der Waals surface area contributed by atoms with Gasteiger partial charge in [0.25, 0.3) is 10.0 Å². The summed E-state index contributed by atoms with van der Waals surface area (Å²) in [5.41, 5.74) is 4.29. The smallest absolute Gasteiger partial charge is 0.250 e. The standard InChI is InChI=1S/C10H17N3O3S2/c1-4-7-5-6-8(17-7)18(15,16)13-10(2,3)9(11)12-14/h5-6,13-14H,4H2,1-3H3,(H2,11,12). The average molecular weight is 291 g/mol. The Labute approximate surface area is 111 Å². The molecule has 1 rings (SSSR count). The SMILES string of the molecule is CCc1ccc(S(=O)(=O)NC(C)(C)C(N)=NO)s1. The number of amidine groups is 1. The molecule has 1 aromatic rings. The molecule has 0 bridgehead atoms. The van der Waals surface area contributed by atoms with Gasteiger partial charge in [-0.3, -0.25) is 0 Å². The van der Waals surface area contributed by atoms with E-state index in [-0.39, 0.29) is 10.0 Å². The van der Waals surface area contributed by atoms with E-state index in [1.807, 2.05) is 6.92 Å². The summed E-state index contributed by atoms with van der Waals surface area (Å²) in [6, 6.07) is 3.32. The fraction of sp³-hybridized carbons (Fsp3) is 0.500. The minimum Gasteiger partial charge on any atom is -0.409 e. The van der Waals surface area contributed by atoms with Gasteiger partial charge in [-0.05, 0) is 32.4 Å². The summed E-state index contributed by atoms with van der Waals surface area (Å²) >= 11 is 1.21. The van der Waals surface area contributed by atoms with E-state index in [0.717, 1.165) is 11.3 Å². The molecule has 0 fully saturated rings. The fourth-order valence-electron chi connectivity index (χ4n) is 1.26. The molecule has 6 nitrogen and oxygen atoms in total. The number of hydrogen-bond donors (Lipinski definition) is 3. The first-order valence-corrected chi connectivity index (χ1v) is 7.63. The molecule has 0 amide bonds. The van der Waals surface area contributed by atoms with Crippen molar-refractivity contribution in [2.45, 2.75) is 36.9 Å². The van der Waals surface area contributed by atoms with Gasteiger partial charge in [-0.2, -0.15) is 4.72 Å². The lowest BCUT2D eigenvalue weighted by molar-refractivity contribution is 0.312. The Kier molecular flexibility index (Phi) is 4.36. The van der Waals surface area contributed by atoms with Gasteiger partial charge in [0.1, 0.15) is 4.21 Å². The number of hydrogen-bond acceptors (Lipinski definition) is 5. The van der Waals surface area contributed by atoms with Crippen LogP contribution < -0.4 is 10.5 Å². The van der Waals surface area contributed by atoms with Crippen molar-refractivity contribution in [3.05, 3.63) is 17.0 Å². The lowest BCUT2D eigenvalue weighted by Crippen LogP contribution is -2.52. The molecule has 0 spiro atoms. The Morgan fingerprint density at radius 1 is 1.56 bits per heavy atom. The van der Waals surface area contributed by atoms with Crippen LogP contribution in [0.3, 0.4) is 0 Å². The summed E-state index contributed by atoms with van der Waals surface area (Å²) in [6.07, 6.45) is 0.782. The molecule has 0 aromatic carbocycles. The van der Waals surface area contributed by atoms with Crippen molar-refractivity contribution in [2.24, 2.45) is 10.9 Å². The molecule has 0 aliphatic carbocycles. The summed E-state index contributed by atoms with van der Waals surface area (Å²) in [7, 11) is -3.67. The van der Waals surface area contributed by atoms with Gasteiger partial charge in [-0.25, -0.2) is 8.42 Å². The van der Waals surface area contributed by atoms with Gasteiger partial charge in [0, 0.05) is 4.88 Å². The second-order valence-electron chi connectivity index (χ2n) is 4.29. The van der Waals surface area contributed by atoms with Crippen LogP contribution in [0.5, 0.6) is 0 Å². The summed E-state index contributed by atoms with van der Waals surface area (Å²) in [4.78, 5) is 0.983. The van der Waals surface area contributed by atoms with Gasteiger partial charge in [-0.1, -0.05) is 12.1 Å². The third-order valence-corrected chi connectivity index (χ3v) is 5.77. The summed E-state index contributed by atoms with van der Waals surface area (Å²) in [6.45, 7) is 5.00. The van der Waals surface area contributed by atoms with Crippen molar-refractivity contribution in [1.29, 1.82) is 0 Å². The van der Waals surface area contributed by atoms with Crippen molar-refractivity contribution >= 4 is 27.2 Å². The first-order valence-electron chi connectivity index (χ1n) is 5.33. The number of nitrogens with one attached hydrogen (secondary N) is 1. The zero-order valence-corrected chi connectivity index (χ0v) is 12.1. The molecular formula is C10H17N3O3S2. The first kappa shape index (κ1) is 14.9. The molecule has 0 atom stereocenters. The van der Waals surface area contributed by atoms with Gasteiger partial charge in [0.15, 0.2) is 5.84 Å². The van der Waals surface area contributed by atoms with Crippen molar-refractivity contribution in [1.82, 2.24) is 4.72 Å². The van der Waals surface area contributed by atoms with Gasteiger partial charge < -0.3 is 10.9 Å². The normalized spacial score (nSPS) is 13.8. The summed E-state index contributed by atoms with van der Waals surface area (Å²) in [5.74, 6) is -0.196. The maximum absolute atomic E-state index is 12.1. The summed E-state index contributed by atoms with van der Waals surface area (Å²) < 4.78 is 26.8. The van der Waals surface area contributed by atoms with Crippen molar-refractivity contribution in [3.8, 4) is 0 Å². The zero-order chi connectivity index (χ0) is 14.0. The highest BCUT2D eigenvalue weighted by atomic mass is 32.2. The molecule has 0 aliphatic rings. The van der Waals surface area contributed by atoms with Crippen LogP contribution in [0.4, 0.5) is 0 Å². The number of rotatable bonds is 5. The zero-order valence-electron chi connectivity index (χ0n) is 10.5. The van der Waals surface area contributed by atoms with Gasteiger partial charge in [-0.15, -0.1) is 11.3 Å². The van der Waals surface area contributed by atoms with Crippen LogP contribution in [0.2, 0.25) is 0 Å². The molecule has 0 saturated carbocycles. The highest BCUT2D eigenvalue weighted by molar-refractivity contribution is 7.91. The molecule has 102 valence electrons. The third kappa shape index (κ3) is 3.21. The van der Waals surface area contributed by atoms with E-state index in [2.05, 4.69) is 9.88 Å². The van der Waals surface area contributed by atoms with E-state index in [0.29, 0.717) is 0 Å². The minimum atomic E-state index is -3.67. The molecule has 0 radical (unpaired) electrons. The number of aryl methyl sites for hydroxylation is 1. The topological polar surface area (TPSA) is 105 Å².